The first kappa shape index (κ1) is 15.7. The third kappa shape index (κ3) is 2.74. The minimum Gasteiger partial charge on any atom is -0.342 e. The summed E-state index contributed by atoms with van der Waals surface area (Å²) >= 11 is 0. The predicted octanol–water partition coefficient (Wildman–Crippen LogP) is 0.551. The lowest BCUT2D eigenvalue weighted by atomic mass is 9.94. The normalized spacial score (nSPS) is 33.5. The Morgan fingerprint density at radius 2 is 1.73 bits per heavy atom. The molecule has 4 atom stereocenters. The van der Waals surface area contributed by atoms with Crippen LogP contribution in [0.3, 0.4) is 0 Å². The smallest absolute Gasteiger partial charge is 0.229 e. The fourth-order valence-electron chi connectivity index (χ4n) is 3.97. The molecule has 6 heteroatoms. The summed E-state index contributed by atoms with van der Waals surface area (Å²) in [6, 6.07) is 10.3. The fourth-order valence-corrected chi connectivity index (χ4v) is 3.97. The highest BCUT2D eigenvalue weighted by Crippen LogP contribution is 2.31. The molecule has 1 aromatic carbocycles. The van der Waals surface area contributed by atoms with Gasteiger partial charge in [-0.3, -0.25) is 10.2 Å². The molecule has 3 N–H and O–H groups in total. The summed E-state index contributed by atoms with van der Waals surface area (Å²) in [4.78, 5) is 15.0. The summed E-state index contributed by atoms with van der Waals surface area (Å²) < 4.78 is 0. The monoisotopic (exact) mass is 322 g/mol. The van der Waals surface area contributed by atoms with Gasteiger partial charge in [-0.1, -0.05) is 30.3 Å². The maximum Gasteiger partial charge on any atom is 0.229 e. The molecule has 1 amide bonds. The van der Waals surface area contributed by atoms with Gasteiger partial charge in [0.1, 0.15) is 0 Å². The molecule has 22 heavy (non-hydrogen) atoms. The van der Waals surface area contributed by atoms with E-state index in [1.165, 1.54) is 5.56 Å². The molecule has 3 fully saturated rings. The largest absolute Gasteiger partial charge is 0.342 e. The molecule has 5 nitrogen and oxygen atoms in total. The highest BCUT2D eigenvalue weighted by atomic mass is 35.5. The Labute approximate surface area is 137 Å². The molecule has 3 aliphatic heterocycles. The number of nitrogens with one attached hydrogen (secondary N) is 3. The van der Waals surface area contributed by atoms with Crippen LogP contribution >= 0.6 is 12.4 Å². The number of hydrogen-bond donors (Lipinski definition) is 3. The third-order valence-electron chi connectivity index (χ3n) is 5.16. The lowest BCUT2D eigenvalue weighted by Gasteiger charge is -2.25. The molecule has 3 aliphatic rings. The van der Waals surface area contributed by atoms with E-state index in [2.05, 4.69) is 33.2 Å². The van der Waals surface area contributed by atoms with E-state index in [9.17, 15) is 4.79 Å². The summed E-state index contributed by atoms with van der Waals surface area (Å²) in [6.45, 7) is 4.70. The molecule has 0 radical (unpaired) electrons. The second kappa shape index (κ2) is 6.54. The van der Waals surface area contributed by atoms with E-state index in [1.54, 1.807) is 0 Å². The Morgan fingerprint density at radius 3 is 2.41 bits per heavy atom. The zero-order valence-corrected chi connectivity index (χ0v) is 13.3. The van der Waals surface area contributed by atoms with Crippen molar-refractivity contribution in [1.82, 2.24) is 21.1 Å². The maximum atomic E-state index is 12.9. The highest BCUT2D eigenvalue weighted by molar-refractivity contribution is 5.85. The average Bonchev–Trinajstić information content (AvgIpc) is 3.22. The van der Waals surface area contributed by atoms with Gasteiger partial charge in [0.25, 0.3) is 0 Å². The number of benzene rings is 1. The van der Waals surface area contributed by atoms with Crippen molar-refractivity contribution >= 4 is 18.3 Å². The van der Waals surface area contributed by atoms with Gasteiger partial charge in [-0.25, -0.2) is 5.43 Å². The van der Waals surface area contributed by atoms with Crippen LogP contribution in [0, 0.1) is 17.8 Å². The number of amides is 1. The SMILES string of the molecule is Cl.O=C(C1CNNC1c1ccccc1)N1C[C@H]2CNC[C@H]2C1. The second-order valence-corrected chi connectivity index (χ2v) is 6.44. The van der Waals surface area contributed by atoms with E-state index in [4.69, 9.17) is 0 Å². The van der Waals surface area contributed by atoms with Gasteiger partial charge in [0.05, 0.1) is 12.0 Å². The van der Waals surface area contributed by atoms with Gasteiger partial charge in [-0.2, -0.15) is 0 Å². The first-order chi connectivity index (χ1) is 10.3. The lowest BCUT2D eigenvalue weighted by molar-refractivity contribution is -0.134. The van der Waals surface area contributed by atoms with Crippen LogP contribution in [-0.2, 0) is 4.79 Å². The Balaban J connectivity index is 0.00000144. The van der Waals surface area contributed by atoms with E-state index in [-0.39, 0.29) is 24.4 Å². The fraction of sp³-hybridized carbons (Fsp3) is 0.562. The lowest BCUT2D eigenvalue weighted by Crippen LogP contribution is -2.39. The first-order valence-electron chi connectivity index (χ1n) is 7.86. The average molecular weight is 323 g/mol. The first-order valence-corrected chi connectivity index (χ1v) is 7.86. The summed E-state index contributed by atoms with van der Waals surface area (Å²) in [5.74, 6) is 1.62. The number of halogens is 1. The van der Waals surface area contributed by atoms with Crippen molar-refractivity contribution in [3.63, 3.8) is 0 Å². The number of hydrogen-bond acceptors (Lipinski definition) is 4. The zero-order chi connectivity index (χ0) is 14.2. The minimum absolute atomic E-state index is 0. The van der Waals surface area contributed by atoms with Crippen LogP contribution < -0.4 is 16.2 Å². The molecular formula is C16H23ClN4O. The quantitative estimate of drug-likeness (QED) is 0.744. The van der Waals surface area contributed by atoms with Gasteiger partial charge in [-0.05, 0) is 17.4 Å². The number of carbonyl (C=O) groups excluding carboxylic acids is 1. The van der Waals surface area contributed by atoms with Crippen molar-refractivity contribution in [2.45, 2.75) is 6.04 Å². The van der Waals surface area contributed by atoms with Crippen LogP contribution in [0.2, 0.25) is 0 Å². The standard InChI is InChI=1S/C16H22N4O.ClH/c21-16(20-9-12-6-17-7-13(12)10-20)14-8-18-19-15(14)11-4-2-1-3-5-11;/h1-5,12-15,17-19H,6-10H2;1H/t12-,13+,14?,15?;. The van der Waals surface area contributed by atoms with Crippen molar-refractivity contribution in [2.24, 2.45) is 17.8 Å². The molecule has 2 unspecified atom stereocenters. The van der Waals surface area contributed by atoms with Gasteiger partial charge in [0.15, 0.2) is 0 Å². The van der Waals surface area contributed by atoms with Crippen LogP contribution in [-0.4, -0.2) is 43.5 Å². The number of carbonyl (C=O) groups is 1. The zero-order valence-electron chi connectivity index (χ0n) is 12.5. The molecule has 3 saturated heterocycles. The van der Waals surface area contributed by atoms with Gasteiger partial charge in [0.2, 0.25) is 5.91 Å². The number of likely N-dealkylation sites (tertiary alicyclic amines) is 1. The molecule has 120 valence electrons. The number of nitrogens with zero attached hydrogens (tertiary/aromatic N) is 1. The third-order valence-corrected chi connectivity index (χ3v) is 5.16. The molecule has 1 aromatic rings. The van der Waals surface area contributed by atoms with E-state index in [0.29, 0.717) is 24.3 Å². The Kier molecular flexibility index (Phi) is 4.68. The molecule has 0 spiro atoms. The summed E-state index contributed by atoms with van der Waals surface area (Å²) in [5.41, 5.74) is 7.62. The molecule has 0 aliphatic carbocycles. The Hall–Kier alpha value is -1.14. The second-order valence-electron chi connectivity index (χ2n) is 6.44. The Bertz CT molecular complexity index is 514. The number of hydrazine groups is 1. The minimum atomic E-state index is -0.000754. The topological polar surface area (TPSA) is 56.4 Å². The highest BCUT2D eigenvalue weighted by Gasteiger charge is 2.42. The van der Waals surface area contributed by atoms with Crippen LogP contribution in [0.5, 0.6) is 0 Å². The van der Waals surface area contributed by atoms with Crippen molar-refractivity contribution in [3.8, 4) is 0 Å². The van der Waals surface area contributed by atoms with E-state index >= 15 is 0 Å². The van der Waals surface area contributed by atoms with Crippen molar-refractivity contribution in [1.29, 1.82) is 0 Å². The van der Waals surface area contributed by atoms with Gasteiger partial charge in [-0.15, -0.1) is 12.4 Å². The molecule has 0 saturated carbocycles. The molecule has 3 heterocycles. The number of fused-ring (bicyclic) bond motifs is 1. The van der Waals surface area contributed by atoms with Crippen molar-refractivity contribution in [2.75, 3.05) is 32.7 Å². The summed E-state index contributed by atoms with van der Waals surface area (Å²) in [5, 5.41) is 3.43. The van der Waals surface area contributed by atoms with Crippen molar-refractivity contribution < 1.29 is 4.79 Å². The van der Waals surface area contributed by atoms with Gasteiger partial charge < -0.3 is 10.2 Å². The van der Waals surface area contributed by atoms with Crippen molar-refractivity contribution in [3.05, 3.63) is 35.9 Å². The molecular weight excluding hydrogens is 300 g/mol. The molecule has 0 bridgehead atoms. The number of rotatable bonds is 2. The van der Waals surface area contributed by atoms with Crippen LogP contribution in [0.25, 0.3) is 0 Å². The van der Waals surface area contributed by atoms with Gasteiger partial charge >= 0.3 is 0 Å². The summed E-state index contributed by atoms with van der Waals surface area (Å²) in [7, 11) is 0. The van der Waals surface area contributed by atoms with E-state index in [0.717, 1.165) is 26.2 Å². The van der Waals surface area contributed by atoms with Crippen LogP contribution in [0.1, 0.15) is 11.6 Å². The van der Waals surface area contributed by atoms with Crippen LogP contribution in [0.15, 0.2) is 30.3 Å². The van der Waals surface area contributed by atoms with Gasteiger partial charge in [0, 0.05) is 32.7 Å². The Morgan fingerprint density at radius 1 is 1.05 bits per heavy atom. The molecule has 4 rings (SSSR count). The predicted molar refractivity (Wildman–Crippen MR) is 87.5 cm³/mol. The molecule has 0 aromatic heterocycles. The van der Waals surface area contributed by atoms with E-state index in [1.807, 2.05) is 18.2 Å². The van der Waals surface area contributed by atoms with E-state index < -0.39 is 0 Å². The van der Waals surface area contributed by atoms with Crippen LogP contribution in [0.4, 0.5) is 0 Å². The maximum absolute atomic E-state index is 12.9. The summed E-state index contributed by atoms with van der Waals surface area (Å²) in [6.07, 6.45) is 0.